The van der Waals surface area contributed by atoms with Crippen LogP contribution in [0.3, 0.4) is 0 Å². The van der Waals surface area contributed by atoms with Gasteiger partial charge >= 0.3 is 0 Å². The summed E-state index contributed by atoms with van der Waals surface area (Å²) < 4.78 is 5.65. The summed E-state index contributed by atoms with van der Waals surface area (Å²) in [6.45, 7) is 1.85. The molecule has 0 fully saturated rings. The van der Waals surface area contributed by atoms with Gasteiger partial charge in [0.05, 0.1) is 22.3 Å². The van der Waals surface area contributed by atoms with Gasteiger partial charge in [0.1, 0.15) is 5.75 Å². The molecule has 0 spiro atoms. The van der Waals surface area contributed by atoms with Crippen LogP contribution in [0.4, 0.5) is 5.69 Å². The highest BCUT2D eigenvalue weighted by atomic mass is 35.5. The number of aryl methyl sites for hydroxylation is 1. The van der Waals surface area contributed by atoms with Crippen LogP contribution in [0.1, 0.15) is 11.1 Å². The Hall–Kier alpha value is -2.18. The molecule has 0 heterocycles. The Morgan fingerprint density at radius 3 is 2.67 bits per heavy atom. The van der Waals surface area contributed by atoms with Crippen LogP contribution in [0, 0.1) is 18.3 Å². The lowest BCUT2D eigenvalue weighted by Gasteiger charge is -2.10. The van der Waals surface area contributed by atoms with E-state index in [2.05, 4.69) is 6.07 Å². The van der Waals surface area contributed by atoms with Gasteiger partial charge in [-0.3, -0.25) is 0 Å². The molecule has 0 aromatic heterocycles. The van der Waals surface area contributed by atoms with Gasteiger partial charge in [0.2, 0.25) is 0 Å². The quantitative estimate of drug-likeness (QED) is 0.831. The van der Waals surface area contributed by atoms with Gasteiger partial charge in [-0.05, 0) is 42.8 Å². The highest BCUT2D eigenvalue weighted by Crippen LogP contribution is 2.34. The molecule has 0 radical (unpaired) electrons. The minimum atomic E-state index is 0.434. The molecule has 2 aromatic rings. The van der Waals surface area contributed by atoms with Crippen LogP contribution in [-0.2, 0) is 0 Å². The Labute approximate surface area is 110 Å². The Kier molecular flexibility index (Phi) is 3.40. The Morgan fingerprint density at radius 1 is 1.28 bits per heavy atom. The molecule has 0 aliphatic heterocycles. The molecule has 0 saturated heterocycles. The van der Waals surface area contributed by atoms with Crippen LogP contribution < -0.4 is 10.5 Å². The number of ether oxygens (including phenoxy) is 1. The number of halogens is 1. The molecule has 0 bridgehead atoms. The molecule has 2 aromatic carbocycles. The predicted molar refractivity (Wildman–Crippen MR) is 71.8 cm³/mol. The molecule has 0 aliphatic carbocycles. The number of hydrogen-bond donors (Lipinski definition) is 1. The fourth-order valence-corrected chi connectivity index (χ4v) is 1.80. The topological polar surface area (TPSA) is 59.0 Å². The summed E-state index contributed by atoms with van der Waals surface area (Å²) in [5.41, 5.74) is 7.75. The summed E-state index contributed by atoms with van der Waals surface area (Å²) in [6, 6.07) is 12.5. The molecule has 2 N–H and O–H groups in total. The van der Waals surface area contributed by atoms with E-state index >= 15 is 0 Å². The number of para-hydroxylation sites is 1. The van der Waals surface area contributed by atoms with E-state index in [9.17, 15) is 0 Å². The van der Waals surface area contributed by atoms with Gasteiger partial charge < -0.3 is 10.5 Å². The van der Waals surface area contributed by atoms with Gasteiger partial charge in [0, 0.05) is 0 Å². The van der Waals surface area contributed by atoms with E-state index in [4.69, 9.17) is 27.3 Å². The molecule has 0 saturated carbocycles. The number of nitriles is 1. The SMILES string of the molecule is Cc1cc(Oc2c(N)cccc2Cl)ccc1C#N. The third-order valence-electron chi connectivity index (χ3n) is 2.54. The van der Waals surface area contributed by atoms with E-state index in [1.54, 1.807) is 36.4 Å². The van der Waals surface area contributed by atoms with Crippen molar-refractivity contribution in [2.45, 2.75) is 6.92 Å². The van der Waals surface area contributed by atoms with Crippen molar-refractivity contribution in [2.75, 3.05) is 5.73 Å². The van der Waals surface area contributed by atoms with Gasteiger partial charge in [0.15, 0.2) is 5.75 Å². The number of nitrogen functional groups attached to an aromatic ring is 1. The van der Waals surface area contributed by atoms with E-state index in [1.807, 2.05) is 6.92 Å². The second-order valence-electron chi connectivity index (χ2n) is 3.85. The first-order chi connectivity index (χ1) is 8.61. The van der Waals surface area contributed by atoms with Crippen molar-refractivity contribution in [3.05, 3.63) is 52.5 Å². The lowest BCUT2D eigenvalue weighted by atomic mass is 10.1. The molecule has 0 amide bonds. The second kappa shape index (κ2) is 4.99. The number of nitrogens with zero attached hydrogens (tertiary/aromatic N) is 1. The highest BCUT2D eigenvalue weighted by molar-refractivity contribution is 6.32. The van der Waals surface area contributed by atoms with E-state index in [0.29, 0.717) is 27.8 Å². The zero-order valence-corrected chi connectivity index (χ0v) is 10.5. The highest BCUT2D eigenvalue weighted by Gasteiger charge is 2.08. The first-order valence-electron chi connectivity index (χ1n) is 5.34. The average Bonchev–Trinajstić information content (AvgIpc) is 2.34. The Morgan fingerprint density at radius 2 is 2.06 bits per heavy atom. The molecular formula is C14H11ClN2O. The van der Waals surface area contributed by atoms with Crippen LogP contribution >= 0.6 is 11.6 Å². The van der Waals surface area contributed by atoms with Gasteiger partial charge in [-0.15, -0.1) is 0 Å². The van der Waals surface area contributed by atoms with Crippen molar-refractivity contribution in [1.82, 2.24) is 0 Å². The Bertz CT molecular complexity index is 612. The molecular weight excluding hydrogens is 248 g/mol. The summed E-state index contributed by atoms with van der Waals surface area (Å²) in [4.78, 5) is 0. The van der Waals surface area contributed by atoms with Crippen LogP contribution in [0.5, 0.6) is 11.5 Å². The maximum Gasteiger partial charge on any atom is 0.168 e. The lowest BCUT2D eigenvalue weighted by molar-refractivity contribution is 0.485. The van der Waals surface area contributed by atoms with Crippen molar-refractivity contribution in [3.63, 3.8) is 0 Å². The summed E-state index contributed by atoms with van der Waals surface area (Å²) in [5, 5.41) is 9.31. The van der Waals surface area contributed by atoms with Crippen molar-refractivity contribution < 1.29 is 4.74 Å². The molecule has 3 nitrogen and oxygen atoms in total. The van der Waals surface area contributed by atoms with Crippen LogP contribution in [0.15, 0.2) is 36.4 Å². The zero-order chi connectivity index (χ0) is 13.1. The molecule has 2 rings (SSSR count). The van der Waals surface area contributed by atoms with E-state index in [-0.39, 0.29) is 0 Å². The molecule has 0 aliphatic rings. The maximum atomic E-state index is 8.86. The van der Waals surface area contributed by atoms with E-state index in [0.717, 1.165) is 5.56 Å². The smallest absolute Gasteiger partial charge is 0.168 e. The molecule has 0 atom stereocenters. The van der Waals surface area contributed by atoms with E-state index in [1.165, 1.54) is 0 Å². The molecule has 4 heteroatoms. The standard InChI is InChI=1S/C14H11ClN2O/c1-9-7-11(6-5-10(9)8-16)18-14-12(15)3-2-4-13(14)17/h2-7H,17H2,1H3. The number of benzene rings is 2. The van der Waals surface area contributed by atoms with Crippen molar-refractivity contribution in [3.8, 4) is 17.6 Å². The van der Waals surface area contributed by atoms with Crippen LogP contribution in [-0.4, -0.2) is 0 Å². The third kappa shape index (κ3) is 2.39. The van der Waals surface area contributed by atoms with Gasteiger partial charge in [0.25, 0.3) is 0 Å². The fraction of sp³-hybridized carbons (Fsp3) is 0.0714. The number of hydrogen-bond acceptors (Lipinski definition) is 3. The third-order valence-corrected chi connectivity index (χ3v) is 2.83. The van der Waals surface area contributed by atoms with Crippen molar-refractivity contribution in [1.29, 1.82) is 5.26 Å². The van der Waals surface area contributed by atoms with E-state index < -0.39 is 0 Å². The number of nitrogens with two attached hydrogens (primary N) is 1. The number of anilines is 1. The second-order valence-corrected chi connectivity index (χ2v) is 4.26. The normalized spacial score (nSPS) is 9.83. The van der Waals surface area contributed by atoms with Crippen LogP contribution in [0.2, 0.25) is 5.02 Å². The van der Waals surface area contributed by atoms with Gasteiger partial charge in [-0.25, -0.2) is 0 Å². The van der Waals surface area contributed by atoms with Gasteiger partial charge in [-0.2, -0.15) is 5.26 Å². The molecule has 90 valence electrons. The van der Waals surface area contributed by atoms with Crippen molar-refractivity contribution >= 4 is 17.3 Å². The fourth-order valence-electron chi connectivity index (χ4n) is 1.58. The molecule has 18 heavy (non-hydrogen) atoms. The summed E-state index contributed by atoms with van der Waals surface area (Å²) in [7, 11) is 0. The monoisotopic (exact) mass is 258 g/mol. The summed E-state index contributed by atoms with van der Waals surface area (Å²) >= 11 is 6.02. The summed E-state index contributed by atoms with van der Waals surface area (Å²) in [6.07, 6.45) is 0. The first kappa shape index (κ1) is 12.3. The lowest BCUT2D eigenvalue weighted by Crippen LogP contribution is -1.93. The number of rotatable bonds is 2. The zero-order valence-electron chi connectivity index (χ0n) is 9.77. The van der Waals surface area contributed by atoms with Gasteiger partial charge in [-0.1, -0.05) is 17.7 Å². The Balaban J connectivity index is 2.35. The molecule has 0 unspecified atom stereocenters. The van der Waals surface area contributed by atoms with Crippen molar-refractivity contribution in [2.24, 2.45) is 0 Å². The summed E-state index contributed by atoms with van der Waals surface area (Å²) in [5.74, 6) is 1.04. The largest absolute Gasteiger partial charge is 0.454 e. The maximum absolute atomic E-state index is 8.86. The predicted octanol–water partition coefficient (Wildman–Crippen LogP) is 3.89. The first-order valence-corrected chi connectivity index (χ1v) is 5.72. The average molecular weight is 259 g/mol. The minimum Gasteiger partial charge on any atom is -0.454 e. The van der Waals surface area contributed by atoms with Crippen LogP contribution in [0.25, 0.3) is 0 Å². The minimum absolute atomic E-state index is 0.434.